The summed E-state index contributed by atoms with van der Waals surface area (Å²) in [5.74, 6) is 1.61. The van der Waals surface area contributed by atoms with Gasteiger partial charge in [0.1, 0.15) is 11.5 Å². The maximum Gasteiger partial charge on any atom is 0.227 e. The Labute approximate surface area is 184 Å². The Morgan fingerprint density at radius 3 is 2.52 bits per heavy atom. The van der Waals surface area contributed by atoms with Gasteiger partial charge in [-0.2, -0.15) is 0 Å². The Morgan fingerprint density at radius 2 is 1.81 bits per heavy atom. The molecular formula is C25H32N2O4. The number of ether oxygens (including phenoxy) is 2. The van der Waals surface area contributed by atoms with Crippen molar-refractivity contribution in [3.05, 3.63) is 59.7 Å². The lowest BCUT2D eigenvalue weighted by Gasteiger charge is -2.32. The van der Waals surface area contributed by atoms with E-state index in [1.165, 1.54) is 0 Å². The van der Waals surface area contributed by atoms with Crippen LogP contribution >= 0.6 is 0 Å². The monoisotopic (exact) mass is 424 g/mol. The van der Waals surface area contributed by atoms with Crippen LogP contribution in [0.5, 0.6) is 11.5 Å². The Bertz CT molecular complexity index is 889. The van der Waals surface area contributed by atoms with Crippen molar-refractivity contribution >= 4 is 11.8 Å². The fourth-order valence-electron chi connectivity index (χ4n) is 3.86. The van der Waals surface area contributed by atoms with E-state index in [2.05, 4.69) is 5.32 Å². The first kappa shape index (κ1) is 22.7. The van der Waals surface area contributed by atoms with Crippen molar-refractivity contribution in [1.82, 2.24) is 10.2 Å². The Balaban J connectivity index is 1.45. The molecule has 0 aliphatic carbocycles. The summed E-state index contributed by atoms with van der Waals surface area (Å²) in [6.45, 7) is 5.26. The molecule has 0 bridgehead atoms. The van der Waals surface area contributed by atoms with Crippen LogP contribution in [-0.4, -0.2) is 49.1 Å². The van der Waals surface area contributed by atoms with E-state index in [1.807, 2.05) is 67.3 Å². The number of rotatable bonds is 8. The van der Waals surface area contributed by atoms with E-state index in [-0.39, 0.29) is 24.0 Å². The van der Waals surface area contributed by atoms with Gasteiger partial charge in [0.15, 0.2) is 0 Å². The van der Waals surface area contributed by atoms with Crippen molar-refractivity contribution in [1.29, 1.82) is 0 Å². The number of methoxy groups -OCH3 is 1. The fourth-order valence-corrected chi connectivity index (χ4v) is 3.86. The Hall–Kier alpha value is -3.02. The second-order valence-corrected chi connectivity index (χ2v) is 8.20. The van der Waals surface area contributed by atoms with Crippen LogP contribution in [0.1, 0.15) is 37.8 Å². The van der Waals surface area contributed by atoms with Gasteiger partial charge in [-0.05, 0) is 50.5 Å². The minimum absolute atomic E-state index is 0.000459. The fraction of sp³-hybridized carbons (Fsp3) is 0.440. The van der Waals surface area contributed by atoms with Crippen molar-refractivity contribution in [3.63, 3.8) is 0 Å². The molecule has 1 fully saturated rings. The average molecular weight is 425 g/mol. The van der Waals surface area contributed by atoms with E-state index in [4.69, 9.17) is 9.47 Å². The van der Waals surface area contributed by atoms with Crippen molar-refractivity contribution < 1.29 is 19.1 Å². The maximum absolute atomic E-state index is 12.7. The van der Waals surface area contributed by atoms with Gasteiger partial charge in [-0.1, -0.05) is 30.3 Å². The van der Waals surface area contributed by atoms with E-state index in [0.29, 0.717) is 25.9 Å². The summed E-state index contributed by atoms with van der Waals surface area (Å²) in [5.41, 5.74) is 1.83. The van der Waals surface area contributed by atoms with Gasteiger partial charge in [0, 0.05) is 24.7 Å². The highest BCUT2D eigenvalue weighted by molar-refractivity contribution is 5.80. The lowest BCUT2D eigenvalue weighted by atomic mass is 10.0. The molecule has 1 N–H and O–H groups in total. The topological polar surface area (TPSA) is 67.9 Å². The quantitative estimate of drug-likeness (QED) is 0.706. The third-order valence-electron chi connectivity index (χ3n) is 5.38. The molecule has 3 rings (SSSR count). The molecule has 0 atom stereocenters. The summed E-state index contributed by atoms with van der Waals surface area (Å²) in [5, 5.41) is 3.12. The van der Waals surface area contributed by atoms with E-state index in [9.17, 15) is 9.59 Å². The van der Waals surface area contributed by atoms with Crippen LogP contribution in [-0.2, 0) is 22.4 Å². The third kappa shape index (κ3) is 6.74. The second kappa shape index (κ2) is 10.8. The minimum atomic E-state index is 0.000459. The van der Waals surface area contributed by atoms with Gasteiger partial charge in [0.2, 0.25) is 11.8 Å². The van der Waals surface area contributed by atoms with Crippen LogP contribution in [0.25, 0.3) is 0 Å². The lowest BCUT2D eigenvalue weighted by molar-refractivity contribution is -0.131. The van der Waals surface area contributed by atoms with Crippen LogP contribution in [0.15, 0.2) is 48.5 Å². The van der Waals surface area contributed by atoms with Crippen LogP contribution in [0.3, 0.4) is 0 Å². The van der Waals surface area contributed by atoms with Crippen LogP contribution in [0.4, 0.5) is 0 Å². The van der Waals surface area contributed by atoms with E-state index < -0.39 is 0 Å². The normalized spacial score (nSPS) is 14.4. The number of amides is 2. The number of nitrogens with zero attached hydrogens (tertiary/aromatic N) is 1. The molecule has 1 saturated heterocycles. The van der Waals surface area contributed by atoms with Gasteiger partial charge in [0.25, 0.3) is 0 Å². The number of benzene rings is 2. The molecule has 0 radical (unpaired) electrons. The zero-order chi connectivity index (χ0) is 22.2. The molecule has 2 aromatic rings. The number of nitrogens with one attached hydrogen (secondary N) is 1. The van der Waals surface area contributed by atoms with E-state index >= 15 is 0 Å². The molecule has 6 heteroatoms. The predicted octanol–water partition coefficient (Wildman–Crippen LogP) is 3.37. The molecule has 2 aromatic carbocycles. The van der Waals surface area contributed by atoms with Crippen LogP contribution < -0.4 is 14.8 Å². The number of carbonyl (C=O) groups is 2. The number of piperidine rings is 1. The average Bonchev–Trinajstić information content (AvgIpc) is 2.74. The molecule has 166 valence electrons. The highest BCUT2D eigenvalue weighted by atomic mass is 16.5. The van der Waals surface area contributed by atoms with Crippen LogP contribution in [0, 0.1) is 0 Å². The van der Waals surface area contributed by atoms with Crippen molar-refractivity contribution in [2.45, 2.75) is 51.7 Å². The number of likely N-dealkylation sites (tertiary alicyclic amines) is 1. The van der Waals surface area contributed by atoms with E-state index in [0.717, 1.165) is 35.5 Å². The zero-order valence-corrected chi connectivity index (χ0v) is 18.6. The van der Waals surface area contributed by atoms with Gasteiger partial charge in [-0.3, -0.25) is 9.59 Å². The molecule has 1 heterocycles. The first-order chi connectivity index (χ1) is 14.9. The summed E-state index contributed by atoms with van der Waals surface area (Å²) in [4.78, 5) is 27.1. The molecule has 0 spiro atoms. The second-order valence-electron chi connectivity index (χ2n) is 8.20. The summed E-state index contributed by atoms with van der Waals surface area (Å²) in [6, 6.07) is 15.4. The van der Waals surface area contributed by atoms with E-state index in [1.54, 1.807) is 7.11 Å². The van der Waals surface area contributed by atoms with Gasteiger partial charge >= 0.3 is 0 Å². The van der Waals surface area contributed by atoms with Crippen LogP contribution in [0.2, 0.25) is 0 Å². The molecule has 0 unspecified atom stereocenters. The SMILES string of the molecule is COc1ccccc1CC(=O)N1CCC(NC(=O)Cc2cccc(OC(C)C)c2)CC1. The number of hydrogen-bond acceptors (Lipinski definition) is 4. The summed E-state index contributed by atoms with van der Waals surface area (Å²) < 4.78 is 11.0. The molecule has 1 aliphatic heterocycles. The molecule has 6 nitrogen and oxygen atoms in total. The Morgan fingerprint density at radius 1 is 1.06 bits per heavy atom. The highest BCUT2D eigenvalue weighted by Gasteiger charge is 2.24. The van der Waals surface area contributed by atoms with Crippen molar-refractivity contribution in [2.24, 2.45) is 0 Å². The van der Waals surface area contributed by atoms with Gasteiger partial charge in [-0.15, -0.1) is 0 Å². The summed E-state index contributed by atoms with van der Waals surface area (Å²) >= 11 is 0. The maximum atomic E-state index is 12.7. The molecular weight excluding hydrogens is 392 g/mol. The highest BCUT2D eigenvalue weighted by Crippen LogP contribution is 2.20. The number of carbonyl (C=O) groups excluding carboxylic acids is 2. The van der Waals surface area contributed by atoms with Gasteiger partial charge in [0.05, 0.1) is 26.1 Å². The molecule has 2 amide bonds. The predicted molar refractivity (Wildman–Crippen MR) is 120 cm³/mol. The summed E-state index contributed by atoms with van der Waals surface area (Å²) in [7, 11) is 1.62. The standard InChI is InChI=1S/C25H32N2O4/c1-18(2)31-22-9-6-7-19(15-22)16-24(28)26-21-11-13-27(14-12-21)25(29)17-20-8-4-5-10-23(20)30-3/h4-10,15,18,21H,11-14,16-17H2,1-3H3,(H,26,28). The van der Waals surface area contributed by atoms with Crippen molar-refractivity contribution in [3.8, 4) is 11.5 Å². The van der Waals surface area contributed by atoms with Gasteiger partial charge < -0.3 is 19.7 Å². The molecule has 31 heavy (non-hydrogen) atoms. The van der Waals surface area contributed by atoms with Gasteiger partial charge in [-0.25, -0.2) is 0 Å². The lowest BCUT2D eigenvalue weighted by Crippen LogP contribution is -2.47. The number of para-hydroxylation sites is 1. The summed E-state index contributed by atoms with van der Waals surface area (Å²) in [6.07, 6.45) is 2.28. The molecule has 0 saturated carbocycles. The number of hydrogen-bond donors (Lipinski definition) is 1. The zero-order valence-electron chi connectivity index (χ0n) is 18.6. The first-order valence-electron chi connectivity index (χ1n) is 10.9. The molecule has 1 aliphatic rings. The molecule has 0 aromatic heterocycles. The third-order valence-corrected chi connectivity index (χ3v) is 5.38. The minimum Gasteiger partial charge on any atom is -0.496 e. The van der Waals surface area contributed by atoms with Crippen molar-refractivity contribution in [2.75, 3.05) is 20.2 Å². The first-order valence-corrected chi connectivity index (χ1v) is 10.9. The Kier molecular flexibility index (Phi) is 7.93. The smallest absolute Gasteiger partial charge is 0.227 e. The largest absolute Gasteiger partial charge is 0.496 e.